The highest BCUT2D eigenvalue weighted by atomic mass is 14.2. The van der Waals surface area contributed by atoms with Crippen molar-refractivity contribution in [1.29, 1.82) is 0 Å². The van der Waals surface area contributed by atoms with E-state index in [-0.39, 0.29) is 5.41 Å². The highest BCUT2D eigenvalue weighted by Crippen LogP contribution is 2.30. The van der Waals surface area contributed by atoms with Crippen LogP contribution in [0.15, 0.2) is 67.8 Å². The normalized spacial score (nSPS) is 12.7. The van der Waals surface area contributed by atoms with Gasteiger partial charge in [0.25, 0.3) is 0 Å². The first-order valence-electron chi connectivity index (χ1n) is 6.22. The van der Waals surface area contributed by atoms with Crippen LogP contribution in [0, 0.1) is 0 Å². The third-order valence-electron chi connectivity index (χ3n) is 2.79. The first-order chi connectivity index (χ1) is 8.50. The molecule has 0 aromatic heterocycles. The topological polar surface area (TPSA) is 0 Å². The second kappa shape index (κ2) is 6.20. The fourth-order valence-electron chi connectivity index (χ4n) is 1.89. The van der Waals surface area contributed by atoms with Crippen molar-refractivity contribution in [3.8, 4) is 0 Å². The van der Waals surface area contributed by atoms with Gasteiger partial charge in [0.2, 0.25) is 0 Å². The number of allylic oxidation sites excluding steroid dienone is 6. The van der Waals surface area contributed by atoms with Crippen LogP contribution in [0.2, 0.25) is 0 Å². The van der Waals surface area contributed by atoms with Gasteiger partial charge in [0, 0.05) is 0 Å². The third-order valence-corrected chi connectivity index (χ3v) is 2.79. The molecule has 0 aliphatic rings. The molecule has 0 amide bonds. The van der Waals surface area contributed by atoms with Gasteiger partial charge in [0.15, 0.2) is 0 Å². The molecule has 1 aromatic carbocycles. The van der Waals surface area contributed by atoms with Crippen LogP contribution >= 0.6 is 0 Å². The zero-order valence-corrected chi connectivity index (χ0v) is 11.6. The van der Waals surface area contributed by atoms with E-state index in [9.17, 15) is 0 Å². The molecule has 0 atom stereocenters. The second-order valence-electron chi connectivity index (χ2n) is 5.24. The molecule has 0 aliphatic heterocycles. The van der Waals surface area contributed by atoms with Gasteiger partial charge in [-0.3, -0.25) is 0 Å². The van der Waals surface area contributed by atoms with E-state index in [1.54, 1.807) is 6.08 Å². The summed E-state index contributed by atoms with van der Waals surface area (Å²) >= 11 is 0. The van der Waals surface area contributed by atoms with Crippen molar-refractivity contribution in [2.24, 2.45) is 0 Å². The van der Waals surface area contributed by atoms with E-state index < -0.39 is 0 Å². The maximum atomic E-state index is 3.91. The molecule has 0 aliphatic carbocycles. The first kappa shape index (κ1) is 14.2. The fraction of sp³-hybridized carbons (Fsp3) is 0.222. The Labute approximate surface area is 111 Å². The lowest BCUT2D eigenvalue weighted by atomic mass is 9.81. The van der Waals surface area contributed by atoms with Crippen LogP contribution in [0.5, 0.6) is 0 Å². The average Bonchev–Trinajstić information content (AvgIpc) is 2.34. The SMILES string of the molecule is C=C/C=C\C=C(/C=C)c1ccccc1C(C)(C)C. The maximum Gasteiger partial charge on any atom is -0.0126 e. The van der Waals surface area contributed by atoms with Gasteiger partial charge in [0.1, 0.15) is 0 Å². The predicted octanol–water partition coefficient (Wildman–Crippen LogP) is 5.30. The number of hydrogen-bond acceptors (Lipinski definition) is 0. The molecule has 0 saturated heterocycles. The average molecular weight is 238 g/mol. The highest BCUT2D eigenvalue weighted by molar-refractivity contribution is 5.77. The van der Waals surface area contributed by atoms with Crippen LogP contribution in [0.4, 0.5) is 0 Å². The van der Waals surface area contributed by atoms with E-state index in [2.05, 4.69) is 64.3 Å². The molecule has 1 aromatic rings. The van der Waals surface area contributed by atoms with Crippen LogP contribution in [-0.4, -0.2) is 0 Å². The summed E-state index contributed by atoms with van der Waals surface area (Å²) in [4.78, 5) is 0. The van der Waals surface area contributed by atoms with E-state index in [4.69, 9.17) is 0 Å². The molecule has 1 rings (SSSR count). The smallest absolute Gasteiger partial charge is 0.0126 e. The zero-order chi connectivity index (χ0) is 13.6. The number of rotatable bonds is 4. The summed E-state index contributed by atoms with van der Waals surface area (Å²) in [7, 11) is 0. The quantitative estimate of drug-likeness (QED) is 0.625. The van der Waals surface area contributed by atoms with Crippen LogP contribution in [0.3, 0.4) is 0 Å². The molecule has 0 heteroatoms. The molecule has 0 saturated carbocycles. The van der Waals surface area contributed by atoms with Crippen molar-refractivity contribution in [1.82, 2.24) is 0 Å². The zero-order valence-electron chi connectivity index (χ0n) is 11.6. The lowest BCUT2D eigenvalue weighted by Crippen LogP contribution is -2.13. The van der Waals surface area contributed by atoms with Crippen molar-refractivity contribution in [3.63, 3.8) is 0 Å². The molecule has 0 radical (unpaired) electrons. The van der Waals surface area contributed by atoms with Gasteiger partial charge in [-0.2, -0.15) is 0 Å². The Balaban J connectivity index is 3.30. The van der Waals surface area contributed by atoms with Gasteiger partial charge in [-0.1, -0.05) is 88.6 Å². The van der Waals surface area contributed by atoms with Crippen molar-refractivity contribution in [2.75, 3.05) is 0 Å². The molecule has 0 unspecified atom stereocenters. The predicted molar refractivity (Wildman–Crippen MR) is 82.7 cm³/mol. The van der Waals surface area contributed by atoms with Crippen molar-refractivity contribution >= 4 is 5.57 Å². The Bertz CT molecular complexity index is 479. The Morgan fingerprint density at radius 3 is 2.28 bits per heavy atom. The molecule has 0 N–H and O–H groups in total. The van der Waals surface area contributed by atoms with Gasteiger partial charge in [-0.15, -0.1) is 0 Å². The Kier molecular flexibility index (Phi) is 4.91. The lowest BCUT2D eigenvalue weighted by Gasteiger charge is -2.23. The summed E-state index contributed by atoms with van der Waals surface area (Å²) in [5, 5.41) is 0. The summed E-state index contributed by atoms with van der Waals surface area (Å²) in [6.45, 7) is 14.3. The van der Waals surface area contributed by atoms with E-state index >= 15 is 0 Å². The number of benzene rings is 1. The van der Waals surface area contributed by atoms with Crippen molar-refractivity contribution in [2.45, 2.75) is 26.2 Å². The van der Waals surface area contributed by atoms with Crippen LogP contribution in [0.1, 0.15) is 31.9 Å². The molecular formula is C18H22. The molecule has 0 spiro atoms. The summed E-state index contributed by atoms with van der Waals surface area (Å²) in [6, 6.07) is 8.49. The van der Waals surface area contributed by atoms with Gasteiger partial charge in [-0.25, -0.2) is 0 Å². The van der Waals surface area contributed by atoms with Crippen LogP contribution < -0.4 is 0 Å². The van der Waals surface area contributed by atoms with Crippen LogP contribution in [-0.2, 0) is 5.41 Å². The summed E-state index contributed by atoms with van der Waals surface area (Å²) in [6.07, 6.45) is 9.65. The van der Waals surface area contributed by atoms with Gasteiger partial charge < -0.3 is 0 Å². The van der Waals surface area contributed by atoms with E-state index in [1.807, 2.05) is 18.2 Å². The second-order valence-corrected chi connectivity index (χ2v) is 5.24. The Morgan fingerprint density at radius 2 is 1.72 bits per heavy atom. The molecule has 0 heterocycles. The summed E-state index contributed by atoms with van der Waals surface area (Å²) < 4.78 is 0. The molecule has 0 nitrogen and oxygen atoms in total. The van der Waals surface area contributed by atoms with Gasteiger partial charge in [-0.05, 0) is 22.1 Å². The minimum absolute atomic E-state index is 0.126. The Morgan fingerprint density at radius 1 is 1.06 bits per heavy atom. The highest BCUT2D eigenvalue weighted by Gasteiger charge is 2.17. The van der Waals surface area contributed by atoms with E-state index in [0.717, 1.165) is 5.57 Å². The van der Waals surface area contributed by atoms with Gasteiger partial charge >= 0.3 is 0 Å². The van der Waals surface area contributed by atoms with E-state index in [1.165, 1.54) is 11.1 Å². The molecule has 0 fully saturated rings. The minimum Gasteiger partial charge on any atom is -0.0991 e. The monoisotopic (exact) mass is 238 g/mol. The molecular weight excluding hydrogens is 216 g/mol. The fourth-order valence-corrected chi connectivity index (χ4v) is 1.89. The maximum absolute atomic E-state index is 3.91. The van der Waals surface area contributed by atoms with Crippen molar-refractivity contribution < 1.29 is 0 Å². The standard InChI is InChI=1S/C18H22/c1-6-8-9-12-15(7-2)16-13-10-11-14-17(16)18(3,4)5/h6-14H,1-2H2,3-5H3/b9-8-,15-12+. The summed E-state index contributed by atoms with van der Waals surface area (Å²) in [5.41, 5.74) is 3.84. The largest absolute Gasteiger partial charge is 0.0991 e. The first-order valence-corrected chi connectivity index (χ1v) is 6.22. The number of hydrogen-bond donors (Lipinski definition) is 0. The molecule has 0 bridgehead atoms. The van der Waals surface area contributed by atoms with E-state index in [0.29, 0.717) is 0 Å². The molecule has 94 valence electrons. The van der Waals surface area contributed by atoms with Crippen LogP contribution in [0.25, 0.3) is 5.57 Å². The third kappa shape index (κ3) is 3.59. The Hall–Kier alpha value is -1.82. The summed E-state index contributed by atoms with van der Waals surface area (Å²) in [5.74, 6) is 0. The minimum atomic E-state index is 0.126. The lowest BCUT2D eigenvalue weighted by molar-refractivity contribution is 0.589. The van der Waals surface area contributed by atoms with Crippen molar-refractivity contribution in [3.05, 3.63) is 78.9 Å². The molecule has 18 heavy (non-hydrogen) atoms. The van der Waals surface area contributed by atoms with Gasteiger partial charge in [0.05, 0.1) is 0 Å².